The van der Waals surface area contributed by atoms with Crippen molar-refractivity contribution in [3.8, 4) is 5.75 Å². The van der Waals surface area contributed by atoms with E-state index in [1.165, 1.54) is 0 Å². The number of nitrogens with one attached hydrogen (secondary N) is 1. The van der Waals surface area contributed by atoms with Crippen LogP contribution in [0.4, 0.5) is 0 Å². The van der Waals surface area contributed by atoms with Crippen molar-refractivity contribution in [3.05, 3.63) is 52.2 Å². The summed E-state index contributed by atoms with van der Waals surface area (Å²) in [6.07, 6.45) is 0.247. The van der Waals surface area contributed by atoms with E-state index in [1.807, 2.05) is 41.8 Å². The van der Waals surface area contributed by atoms with Gasteiger partial charge in [0, 0.05) is 30.5 Å². The lowest BCUT2D eigenvalue weighted by atomic mass is 9.98. The summed E-state index contributed by atoms with van der Waals surface area (Å²) in [6.45, 7) is 0.383. The largest absolute Gasteiger partial charge is 0.496 e. The van der Waals surface area contributed by atoms with Gasteiger partial charge in [-0.25, -0.2) is 0 Å². The van der Waals surface area contributed by atoms with Gasteiger partial charge in [0.15, 0.2) is 0 Å². The number of para-hydroxylation sites is 1. The number of benzene rings is 1. The van der Waals surface area contributed by atoms with Crippen molar-refractivity contribution in [3.63, 3.8) is 0 Å². The first-order valence-electron chi connectivity index (χ1n) is 7.80. The van der Waals surface area contributed by atoms with Gasteiger partial charge in [-0.3, -0.25) is 9.59 Å². The highest BCUT2D eigenvalue weighted by molar-refractivity contribution is 7.10. The van der Waals surface area contributed by atoms with Crippen molar-refractivity contribution in [2.45, 2.75) is 19.0 Å². The van der Waals surface area contributed by atoms with Crippen LogP contribution in [0.25, 0.3) is 0 Å². The lowest BCUT2D eigenvalue weighted by molar-refractivity contribution is -0.128. The van der Waals surface area contributed by atoms with Crippen molar-refractivity contribution >= 4 is 23.2 Å². The fourth-order valence-corrected chi connectivity index (χ4v) is 4.05. The van der Waals surface area contributed by atoms with Crippen molar-refractivity contribution in [2.75, 3.05) is 14.2 Å². The van der Waals surface area contributed by atoms with Crippen molar-refractivity contribution in [2.24, 2.45) is 5.92 Å². The number of hydrogen-bond acceptors (Lipinski definition) is 4. The summed E-state index contributed by atoms with van der Waals surface area (Å²) in [5.41, 5.74) is 0.915. The topological polar surface area (TPSA) is 58.6 Å². The molecule has 2 aromatic rings. The van der Waals surface area contributed by atoms with Gasteiger partial charge in [0.1, 0.15) is 5.75 Å². The molecule has 5 nitrogen and oxygen atoms in total. The Morgan fingerprint density at radius 3 is 2.83 bits per heavy atom. The van der Waals surface area contributed by atoms with Crippen molar-refractivity contribution < 1.29 is 14.3 Å². The van der Waals surface area contributed by atoms with Crippen LogP contribution in [0.5, 0.6) is 5.75 Å². The van der Waals surface area contributed by atoms with E-state index >= 15 is 0 Å². The molecular formula is C18H20N2O3S. The van der Waals surface area contributed by atoms with Crippen LogP contribution in [-0.2, 0) is 16.1 Å². The maximum absolute atomic E-state index is 12.7. The summed E-state index contributed by atoms with van der Waals surface area (Å²) >= 11 is 1.57. The summed E-state index contributed by atoms with van der Waals surface area (Å²) < 4.78 is 5.31. The minimum absolute atomic E-state index is 0.00541. The Morgan fingerprint density at radius 1 is 1.33 bits per heavy atom. The first-order chi connectivity index (χ1) is 11.6. The molecule has 1 aliphatic rings. The first-order valence-corrected chi connectivity index (χ1v) is 8.68. The number of carbonyl (C=O) groups is 2. The van der Waals surface area contributed by atoms with Crippen LogP contribution < -0.4 is 10.1 Å². The molecule has 6 heteroatoms. The number of amides is 2. The Hall–Kier alpha value is -2.34. The summed E-state index contributed by atoms with van der Waals surface area (Å²) in [7, 11) is 3.37. The first kappa shape index (κ1) is 16.5. The highest BCUT2D eigenvalue weighted by Gasteiger charge is 2.43. The maximum Gasteiger partial charge on any atom is 0.226 e. The Labute approximate surface area is 145 Å². The van der Waals surface area contributed by atoms with Gasteiger partial charge in [-0.1, -0.05) is 24.3 Å². The van der Waals surface area contributed by atoms with Crippen molar-refractivity contribution in [1.82, 2.24) is 10.2 Å². The molecule has 2 atom stereocenters. The van der Waals surface area contributed by atoms with E-state index in [0.717, 1.165) is 16.2 Å². The van der Waals surface area contributed by atoms with E-state index in [1.54, 1.807) is 30.4 Å². The lowest BCUT2D eigenvalue weighted by Crippen LogP contribution is -2.34. The lowest BCUT2D eigenvalue weighted by Gasteiger charge is -2.23. The third-order valence-corrected chi connectivity index (χ3v) is 5.35. The predicted octanol–water partition coefficient (Wildman–Crippen LogP) is 2.59. The second kappa shape index (κ2) is 7.05. The zero-order valence-corrected chi connectivity index (χ0v) is 14.5. The number of hydrogen-bond donors (Lipinski definition) is 1. The molecule has 1 aliphatic heterocycles. The quantitative estimate of drug-likeness (QED) is 0.907. The van der Waals surface area contributed by atoms with E-state index in [0.29, 0.717) is 6.54 Å². The minimum atomic E-state index is -0.365. The second-order valence-corrected chi connectivity index (χ2v) is 6.78. The molecule has 2 amide bonds. The van der Waals surface area contributed by atoms with Crippen molar-refractivity contribution in [1.29, 1.82) is 0 Å². The molecule has 24 heavy (non-hydrogen) atoms. The molecule has 1 N–H and O–H groups in total. The zero-order valence-electron chi connectivity index (χ0n) is 13.7. The highest BCUT2D eigenvalue weighted by atomic mass is 32.1. The molecule has 1 aromatic heterocycles. The number of thiophene rings is 1. The SMILES string of the molecule is COc1ccccc1CNC(=O)[C@@H]1CC(=O)N(C)[C@H]1c1cccs1. The van der Waals surface area contributed by atoms with Gasteiger partial charge in [-0.15, -0.1) is 11.3 Å². The Morgan fingerprint density at radius 2 is 2.12 bits per heavy atom. The highest BCUT2D eigenvalue weighted by Crippen LogP contribution is 2.39. The van der Waals surface area contributed by atoms with Gasteiger partial charge >= 0.3 is 0 Å². The number of likely N-dealkylation sites (tertiary alicyclic amines) is 1. The Bertz CT molecular complexity index is 730. The third-order valence-electron chi connectivity index (χ3n) is 4.40. The number of carbonyl (C=O) groups excluding carboxylic acids is 2. The molecule has 1 saturated heterocycles. The van der Waals surface area contributed by atoms with Crippen LogP contribution in [0, 0.1) is 5.92 Å². The number of rotatable bonds is 5. The molecule has 1 fully saturated rings. The van der Waals surface area contributed by atoms with Gasteiger partial charge in [-0.05, 0) is 17.5 Å². The summed E-state index contributed by atoms with van der Waals surface area (Å²) in [4.78, 5) is 27.5. The fraction of sp³-hybridized carbons (Fsp3) is 0.333. The molecular weight excluding hydrogens is 324 g/mol. The molecule has 2 heterocycles. The van der Waals surface area contributed by atoms with Gasteiger partial charge in [0.25, 0.3) is 0 Å². The molecule has 0 saturated carbocycles. The van der Waals surface area contributed by atoms with E-state index in [-0.39, 0.29) is 30.2 Å². The number of methoxy groups -OCH3 is 1. The molecule has 0 unspecified atom stereocenters. The van der Waals surface area contributed by atoms with Crippen LogP contribution in [-0.4, -0.2) is 30.9 Å². The minimum Gasteiger partial charge on any atom is -0.496 e. The average molecular weight is 344 g/mol. The van der Waals surface area contributed by atoms with E-state index in [2.05, 4.69) is 5.32 Å². The zero-order chi connectivity index (χ0) is 17.1. The number of nitrogens with zero attached hydrogens (tertiary/aromatic N) is 1. The van der Waals surface area contributed by atoms with Crippen LogP contribution in [0.1, 0.15) is 22.9 Å². The van der Waals surface area contributed by atoms with Gasteiger partial charge in [0.2, 0.25) is 11.8 Å². The molecule has 0 aliphatic carbocycles. The molecule has 3 rings (SSSR count). The monoisotopic (exact) mass is 344 g/mol. The second-order valence-electron chi connectivity index (χ2n) is 5.81. The van der Waals surface area contributed by atoms with E-state index < -0.39 is 0 Å². The van der Waals surface area contributed by atoms with Crippen LogP contribution >= 0.6 is 11.3 Å². The summed E-state index contributed by atoms with van der Waals surface area (Å²) in [5, 5.41) is 4.92. The van der Waals surface area contributed by atoms with E-state index in [9.17, 15) is 9.59 Å². The average Bonchev–Trinajstić information content (AvgIpc) is 3.21. The standard InChI is InChI=1S/C18H20N2O3S/c1-20-16(21)10-13(17(20)15-8-5-9-24-15)18(22)19-11-12-6-3-4-7-14(12)23-2/h3-9,13,17H,10-11H2,1-2H3,(H,19,22)/t13-,17-/m1/s1. The number of ether oxygens (including phenoxy) is 1. The molecule has 1 aromatic carbocycles. The maximum atomic E-state index is 12.7. The summed E-state index contributed by atoms with van der Waals surface area (Å²) in [5.74, 6) is 0.283. The molecule has 0 bridgehead atoms. The Balaban J connectivity index is 1.73. The third kappa shape index (κ3) is 3.14. The Kier molecular flexibility index (Phi) is 4.85. The van der Waals surface area contributed by atoms with Gasteiger partial charge in [0.05, 0.1) is 19.1 Å². The normalized spacial score (nSPS) is 20.2. The van der Waals surface area contributed by atoms with Gasteiger partial charge < -0.3 is 15.0 Å². The van der Waals surface area contributed by atoms with Crippen LogP contribution in [0.2, 0.25) is 0 Å². The van der Waals surface area contributed by atoms with Crippen LogP contribution in [0.3, 0.4) is 0 Å². The molecule has 126 valence electrons. The van der Waals surface area contributed by atoms with Crippen LogP contribution in [0.15, 0.2) is 41.8 Å². The summed E-state index contributed by atoms with van der Waals surface area (Å²) in [6, 6.07) is 11.3. The molecule has 0 spiro atoms. The smallest absolute Gasteiger partial charge is 0.226 e. The van der Waals surface area contributed by atoms with Gasteiger partial charge in [-0.2, -0.15) is 0 Å². The molecule has 0 radical (unpaired) electrons. The van der Waals surface area contributed by atoms with E-state index in [4.69, 9.17) is 4.74 Å². The fourth-order valence-electron chi connectivity index (χ4n) is 3.12. The predicted molar refractivity (Wildman–Crippen MR) is 92.8 cm³/mol.